The van der Waals surface area contributed by atoms with Gasteiger partial charge >= 0.3 is 0 Å². The number of amides is 1. The normalized spacial score (nSPS) is 10.7. The number of rotatable bonds is 8. The summed E-state index contributed by atoms with van der Waals surface area (Å²) in [6.07, 6.45) is 3.31. The van der Waals surface area contributed by atoms with E-state index in [0.717, 1.165) is 19.4 Å². The van der Waals surface area contributed by atoms with Crippen LogP contribution in [0.25, 0.3) is 0 Å². The fourth-order valence-corrected chi connectivity index (χ4v) is 0.982. The first-order chi connectivity index (χ1) is 6.13. The number of hydrogen-bond acceptors (Lipinski definition) is 3. The summed E-state index contributed by atoms with van der Waals surface area (Å²) in [7, 11) is 4.12. The molecule has 0 bridgehead atoms. The molecule has 4 heteroatoms. The molecule has 0 aliphatic carbocycles. The zero-order chi connectivity index (χ0) is 10.1. The molecule has 4 nitrogen and oxygen atoms in total. The molecular weight excluding hydrogens is 168 g/mol. The van der Waals surface area contributed by atoms with Gasteiger partial charge in [-0.25, -0.2) is 0 Å². The first-order valence-electron chi connectivity index (χ1n) is 4.63. The Morgan fingerprint density at radius 2 is 2.00 bits per heavy atom. The highest BCUT2D eigenvalue weighted by Crippen LogP contribution is 1.96. The van der Waals surface area contributed by atoms with Crippen LogP contribution in [-0.2, 0) is 9.53 Å². The van der Waals surface area contributed by atoms with Crippen LogP contribution in [-0.4, -0.2) is 44.7 Å². The molecule has 0 atom stereocenters. The minimum Gasteiger partial charge on any atom is -0.372 e. The molecule has 0 aliphatic heterocycles. The molecule has 78 valence electrons. The molecule has 0 saturated heterocycles. The highest BCUT2D eigenvalue weighted by Gasteiger charge is 1.94. The summed E-state index contributed by atoms with van der Waals surface area (Å²) in [6.45, 7) is 1.79. The lowest BCUT2D eigenvalue weighted by Crippen LogP contribution is -2.18. The SMILES string of the molecule is CN(C)CCCCCOCC(N)=O. The monoisotopic (exact) mass is 188 g/mol. The van der Waals surface area contributed by atoms with Gasteiger partial charge in [0.2, 0.25) is 5.91 Å². The first kappa shape index (κ1) is 12.4. The number of carbonyl (C=O) groups is 1. The Bertz CT molecular complexity index is 138. The minimum atomic E-state index is -0.395. The third kappa shape index (κ3) is 11.4. The van der Waals surface area contributed by atoms with Crippen molar-refractivity contribution in [1.29, 1.82) is 0 Å². The Labute approximate surface area is 80.0 Å². The van der Waals surface area contributed by atoms with E-state index >= 15 is 0 Å². The standard InChI is InChI=1S/C9H20N2O2/c1-11(2)6-4-3-5-7-13-8-9(10)12/h3-8H2,1-2H3,(H2,10,12). The smallest absolute Gasteiger partial charge is 0.243 e. The number of carbonyl (C=O) groups excluding carboxylic acids is 1. The second-order valence-electron chi connectivity index (χ2n) is 3.38. The van der Waals surface area contributed by atoms with Gasteiger partial charge in [-0.2, -0.15) is 0 Å². The Balaban J connectivity index is 2.96. The average Bonchev–Trinajstić information content (AvgIpc) is 2.01. The topological polar surface area (TPSA) is 55.6 Å². The summed E-state index contributed by atoms with van der Waals surface area (Å²) >= 11 is 0. The summed E-state index contributed by atoms with van der Waals surface area (Å²) in [6, 6.07) is 0. The molecular formula is C9H20N2O2. The Hall–Kier alpha value is -0.610. The van der Waals surface area contributed by atoms with E-state index in [-0.39, 0.29) is 6.61 Å². The summed E-state index contributed by atoms with van der Waals surface area (Å²) in [4.78, 5) is 12.4. The second-order valence-corrected chi connectivity index (χ2v) is 3.38. The molecule has 13 heavy (non-hydrogen) atoms. The van der Waals surface area contributed by atoms with Crippen LogP contribution in [0, 0.1) is 0 Å². The predicted octanol–water partition coefficient (Wildman–Crippen LogP) is 0.220. The van der Waals surface area contributed by atoms with E-state index in [9.17, 15) is 4.79 Å². The number of nitrogens with zero attached hydrogens (tertiary/aromatic N) is 1. The predicted molar refractivity (Wildman–Crippen MR) is 52.4 cm³/mol. The van der Waals surface area contributed by atoms with Gasteiger partial charge in [-0.15, -0.1) is 0 Å². The molecule has 0 spiro atoms. The zero-order valence-electron chi connectivity index (χ0n) is 8.58. The third-order valence-corrected chi connectivity index (χ3v) is 1.64. The van der Waals surface area contributed by atoms with E-state index < -0.39 is 5.91 Å². The highest BCUT2D eigenvalue weighted by atomic mass is 16.5. The summed E-state index contributed by atoms with van der Waals surface area (Å²) < 4.78 is 5.01. The molecule has 0 unspecified atom stereocenters. The van der Waals surface area contributed by atoms with Crippen LogP contribution in [0.5, 0.6) is 0 Å². The number of primary amides is 1. The lowest BCUT2D eigenvalue weighted by Gasteiger charge is -2.08. The van der Waals surface area contributed by atoms with Crippen LogP contribution < -0.4 is 5.73 Å². The van der Waals surface area contributed by atoms with E-state index in [2.05, 4.69) is 19.0 Å². The maximum absolute atomic E-state index is 10.3. The van der Waals surface area contributed by atoms with Crippen molar-refractivity contribution >= 4 is 5.91 Å². The van der Waals surface area contributed by atoms with Gasteiger partial charge in [0, 0.05) is 6.61 Å². The molecule has 0 aromatic heterocycles. The number of nitrogens with two attached hydrogens (primary N) is 1. The van der Waals surface area contributed by atoms with Crippen LogP contribution in [0.1, 0.15) is 19.3 Å². The van der Waals surface area contributed by atoms with E-state index in [4.69, 9.17) is 10.5 Å². The van der Waals surface area contributed by atoms with Crippen molar-refractivity contribution in [3.05, 3.63) is 0 Å². The van der Waals surface area contributed by atoms with Crippen LogP contribution in [0.4, 0.5) is 0 Å². The molecule has 2 N–H and O–H groups in total. The maximum Gasteiger partial charge on any atom is 0.243 e. The van der Waals surface area contributed by atoms with Crippen molar-refractivity contribution < 1.29 is 9.53 Å². The van der Waals surface area contributed by atoms with Crippen molar-refractivity contribution in [3.63, 3.8) is 0 Å². The van der Waals surface area contributed by atoms with Gasteiger partial charge in [0.25, 0.3) is 0 Å². The van der Waals surface area contributed by atoms with Crippen molar-refractivity contribution in [2.24, 2.45) is 5.73 Å². The summed E-state index contributed by atoms with van der Waals surface area (Å²) in [5, 5.41) is 0. The maximum atomic E-state index is 10.3. The Kier molecular flexibility index (Phi) is 7.63. The van der Waals surface area contributed by atoms with Gasteiger partial charge in [-0.05, 0) is 39.9 Å². The first-order valence-corrected chi connectivity index (χ1v) is 4.63. The van der Waals surface area contributed by atoms with Crippen LogP contribution in [0.2, 0.25) is 0 Å². The third-order valence-electron chi connectivity index (χ3n) is 1.64. The Morgan fingerprint density at radius 1 is 1.31 bits per heavy atom. The molecule has 0 saturated carbocycles. The van der Waals surface area contributed by atoms with Gasteiger partial charge < -0.3 is 15.4 Å². The summed E-state index contributed by atoms with van der Waals surface area (Å²) in [5.74, 6) is -0.395. The fourth-order valence-electron chi connectivity index (χ4n) is 0.982. The summed E-state index contributed by atoms with van der Waals surface area (Å²) in [5.41, 5.74) is 4.90. The fraction of sp³-hybridized carbons (Fsp3) is 0.889. The van der Waals surface area contributed by atoms with Gasteiger partial charge in [0.05, 0.1) is 0 Å². The molecule has 0 heterocycles. The van der Waals surface area contributed by atoms with Crippen molar-refractivity contribution in [2.75, 3.05) is 33.9 Å². The molecule has 0 radical (unpaired) electrons. The van der Waals surface area contributed by atoms with E-state index in [1.54, 1.807) is 0 Å². The average molecular weight is 188 g/mol. The lowest BCUT2D eigenvalue weighted by atomic mass is 10.2. The molecule has 1 amide bonds. The van der Waals surface area contributed by atoms with Gasteiger partial charge in [0.1, 0.15) is 6.61 Å². The van der Waals surface area contributed by atoms with Crippen LogP contribution in [0.15, 0.2) is 0 Å². The van der Waals surface area contributed by atoms with E-state index in [0.29, 0.717) is 6.61 Å². The molecule has 0 rings (SSSR count). The Morgan fingerprint density at radius 3 is 2.54 bits per heavy atom. The molecule has 0 aromatic carbocycles. The van der Waals surface area contributed by atoms with E-state index in [1.165, 1.54) is 6.42 Å². The lowest BCUT2D eigenvalue weighted by molar-refractivity contribution is -0.122. The van der Waals surface area contributed by atoms with Crippen LogP contribution in [0.3, 0.4) is 0 Å². The second kappa shape index (κ2) is 8.01. The zero-order valence-corrected chi connectivity index (χ0v) is 8.58. The number of unbranched alkanes of at least 4 members (excludes halogenated alkanes) is 2. The van der Waals surface area contributed by atoms with Crippen molar-refractivity contribution in [3.8, 4) is 0 Å². The van der Waals surface area contributed by atoms with Gasteiger partial charge in [0.15, 0.2) is 0 Å². The van der Waals surface area contributed by atoms with Gasteiger partial charge in [-0.1, -0.05) is 0 Å². The van der Waals surface area contributed by atoms with Gasteiger partial charge in [-0.3, -0.25) is 4.79 Å². The molecule has 0 fully saturated rings. The van der Waals surface area contributed by atoms with Crippen molar-refractivity contribution in [1.82, 2.24) is 4.90 Å². The minimum absolute atomic E-state index is 0.0493. The highest BCUT2D eigenvalue weighted by molar-refractivity contribution is 5.74. The molecule has 0 aliphatic rings. The largest absolute Gasteiger partial charge is 0.372 e. The number of hydrogen-bond donors (Lipinski definition) is 1. The molecule has 0 aromatic rings. The van der Waals surface area contributed by atoms with Crippen molar-refractivity contribution in [2.45, 2.75) is 19.3 Å². The van der Waals surface area contributed by atoms with Crippen LogP contribution >= 0.6 is 0 Å². The quantitative estimate of drug-likeness (QED) is 0.554. The number of ether oxygens (including phenoxy) is 1. The van der Waals surface area contributed by atoms with E-state index in [1.807, 2.05) is 0 Å².